The van der Waals surface area contributed by atoms with Crippen LogP contribution in [0, 0.1) is 0 Å². The molecule has 4 nitrogen and oxygen atoms in total. The monoisotopic (exact) mass is 419 g/mol. The molecule has 0 bridgehead atoms. The van der Waals surface area contributed by atoms with Gasteiger partial charge in [-0.15, -0.1) is 0 Å². The van der Waals surface area contributed by atoms with Crippen molar-refractivity contribution in [3.63, 3.8) is 0 Å². The lowest BCUT2D eigenvalue weighted by atomic mass is 10.3. The summed E-state index contributed by atoms with van der Waals surface area (Å²) in [5.41, 5.74) is 1.19. The number of fused-ring (bicyclic) bond motifs is 1. The van der Waals surface area contributed by atoms with E-state index < -0.39 is 0 Å². The fourth-order valence-electron chi connectivity index (χ4n) is 2.66. The Bertz CT molecular complexity index is 916. The molecule has 1 aromatic rings. The van der Waals surface area contributed by atoms with Gasteiger partial charge in [0.25, 0.3) is 5.04 Å². The number of ether oxygens (including phenoxy) is 1. The SMILES string of the molecule is CC[N+](C=O)=C(/C=C1\C=C(Cl)C=CO1)S/C(C)=C1/Sc2ccccc2N1C. The number of halogens is 1. The van der Waals surface area contributed by atoms with Crippen molar-refractivity contribution in [1.82, 2.24) is 0 Å². The number of carbonyl (C=O) groups is 1. The van der Waals surface area contributed by atoms with Crippen LogP contribution in [-0.2, 0) is 9.53 Å². The number of anilines is 1. The average molecular weight is 420 g/mol. The second-order valence-corrected chi connectivity index (χ2v) is 8.52. The highest BCUT2D eigenvalue weighted by atomic mass is 35.5. The third-order valence-electron chi connectivity index (χ3n) is 4.02. The van der Waals surface area contributed by atoms with Gasteiger partial charge in [-0.05, 0) is 49.9 Å². The number of thioether (sulfide) groups is 2. The van der Waals surface area contributed by atoms with Crippen molar-refractivity contribution < 1.29 is 14.1 Å². The topological polar surface area (TPSA) is 32.5 Å². The van der Waals surface area contributed by atoms with Crippen LogP contribution in [0.5, 0.6) is 0 Å². The van der Waals surface area contributed by atoms with Crippen LogP contribution in [0.1, 0.15) is 13.8 Å². The molecule has 3 rings (SSSR count). The standard InChI is InChI=1S/C20H20ClN2O2S2/c1-4-23(13-24)19(12-16-11-15(21)9-10-25-16)26-14(2)20-22(3)17-7-5-6-8-18(17)27-20/h5-13H,4H2,1-3H3/q+1/b16-12+,20-14+,23-19?. The van der Waals surface area contributed by atoms with Crippen molar-refractivity contribution in [3.8, 4) is 0 Å². The van der Waals surface area contributed by atoms with Gasteiger partial charge in [-0.25, -0.2) is 4.79 Å². The van der Waals surface area contributed by atoms with Crippen LogP contribution in [0.3, 0.4) is 0 Å². The van der Waals surface area contributed by atoms with Crippen molar-refractivity contribution in [2.75, 3.05) is 18.5 Å². The maximum Gasteiger partial charge on any atom is 0.375 e. The maximum absolute atomic E-state index is 11.6. The number of amides is 1. The number of para-hydroxylation sites is 1. The molecule has 0 fully saturated rings. The molecule has 2 aliphatic rings. The number of benzene rings is 1. The number of allylic oxidation sites excluding steroid dienone is 4. The summed E-state index contributed by atoms with van der Waals surface area (Å²) in [5.74, 6) is 0.596. The van der Waals surface area contributed by atoms with E-state index in [1.54, 1.807) is 40.3 Å². The minimum atomic E-state index is 0.564. The van der Waals surface area contributed by atoms with Gasteiger partial charge < -0.3 is 9.64 Å². The van der Waals surface area contributed by atoms with Crippen molar-refractivity contribution in [3.05, 3.63) is 69.5 Å². The van der Waals surface area contributed by atoms with Crippen LogP contribution in [0.25, 0.3) is 0 Å². The predicted octanol–water partition coefficient (Wildman–Crippen LogP) is 5.29. The maximum atomic E-state index is 11.6. The van der Waals surface area contributed by atoms with Gasteiger partial charge >= 0.3 is 6.41 Å². The van der Waals surface area contributed by atoms with Gasteiger partial charge in [-0.3, -0.25) is 0 Å². The Hall–Kier alpha value is -1.89. The summed E-state index contributed by atoms with van der Waals surface area (Å²) in [6, 6.07) is 8.31. The van der Waals surface area contributed by atoms with E-state index in [4.69, 9.17) is 16.3 Å². The highest BCUT2D eigenvalue weighted by molar-refractivity contribution is 8.18. The fourth-order valence-corrected chi connectivity index (χ4v) is 5.11. The summed E-state index contributed by atoms with van der Waals surface area (Å²) in [6.07, 6.45) is 7.62. The van der Waals surface area contributed by atoms with Crippen molar-refractivity contribution >= 4 is 52.3 Å². The zero-order valence-electron chi connectivity index (χ0n) is 15.3. The quantitative estimate of drug-likeness (QED) is 0.286. The summed E-state index contributed by atoms with van der Waals surface area (Å²) in [7, 11) is 2.06. The van der Waals surface area contributed by atoms with Gasteiger partial charge in [-0.1, -0.05) is 35.5 Å². The van der Waals surface area contributed by atoms with Gasteiger partial charge in [-0.2, -0.15) is 4.58 Å². The van der Waals surface area contributed by atoms with Gasteiger partial charge in [0, 0.05) is 21.9 Å². The van der Waals surface area contributed by atoms with E-state index in [-0.39, 0.29) is 0 Å². The molecule has 0 saturated heterocycles. The Kier molecular flexibility index (Phi) is 6.52. The minimum absolute atomic E-state index is 0.564. The van der Waals surface area contributed by atoms with E-state index in [2.05, 4.69) is 31.0 Å². The molecule has 0 unspecified atom stereocenters. The Morgan fingerprint density at radius 3 is 2.85 bits per heavy atom. The zero-order chi connectivity index (χ0) is 19.4. The van der Waals surface area contributed by atoms with E-state index in [1.807, 2.05) is 25.1 Å². The first kappa shape index (κ1) is 19.9. The normalized spacial score (nSPS) is 20.1. The van der Waals surface area contributed by atoms with Crippen LogP contribution in [0.15, 0.2) is 74.4 Å². The van der Waals surface area contributed by atoms with Crippen molar-refractivity contribution in [2.45, 2.75) is 18.7 Å². The molecule has 0 saturated carbocycles. The van der Waals surface area contributed by atoms with E-state index in [0.29, 0.717) is 17.3 Å². The molecule has 0 aromatic heterocycles. The lowest BCUT2D eigenvalue weighted by Gasteiger charge is -2.15. The van der Waals surface area contributed by atoms with Gasteiger partial charge in [0.15, 0.2) is 0 Å². The average Bonchev–Trinajstić information content (AvgIpc) is 3.00. The molecule has 0 atom stereocenters. The number of hydrogen-bond acceptors (Lipinski definition) is 5. The Labute approximate surface area is 172 Å². The molecule has 0 radical (unpaired) electrons. The first-order valence-corrected chi connectivity index (χ1v) is 10.4. The number of rotatable bonds is 4. The van der Waals surface area contributed by atoms with E-state index >= 15 is 0 Å². The number of nitrogens with zero attached hydrogens (tertiary/aromatic N) is 2. The van der Waals surface area contributed by atoms with Crippen LogP contribution in [-0.4, -0.2) is 29.6 Å². The smallest absolute Gasteiger partial charge is 0.375 e. The summed E-state index contributed by atoms with van der Waals surface area (Å²) < 4.78 is 7.16. The van der Waals surface area contributed by atoms with Crippen LogP contribution in [0.2, 0.25) is 0 Å². The molecule has 2 heterocycles. The molecular weight excluding hydrogens is 400 g/mol. The van der Waals surface area contributed by atoms with E-state index in [1.165, 1.54) is 16.8 Å². The lowest BCUT2D eigenvalue weighted by Crippen LogP contribution is -2.17. The Balaban J connectivity index is 1.94. The molecule has 0 aliphatic carbocycles. The minimum Gasteiger partial charge on any atom is -0.465 e. The van der Waals surface area contributed by atoms with Crippen molar-refractivity contribution in [1.29, 1.82) is 0 Å². The molecule has 7 heteroatoms. The first-order chi connectivity index (χ1) is 13.0. The molecule has 1 amide bonds. The molecule has 1 aromatic carbocycles. The van der Waals surface area contributed by atoms with Crippen LogP contribution < -0.4 is 4.90 Å². The second kappa shape index (κ2) is 8.87. The highest BCUT2D eigenvalue weighted by Gasteiger charge is 2.25. The van der Waals surface area contributed by atoms with Crippen LogP contribution in [0.4, 0.5) is 5.69 Å². The van der Waals surface area contributed by atoms with E-state index in [0.717, 1.165) is 21.4 Å². The van der Waals surface area contributed by atoms with Gasteiger partial charge in [0.1, 0.15) is 12.3 Å². The summed E-state index contributed by atoms with van der Waals surface area (Å²) in [5, 5.41) is 2.52. The fraction of sp³-hybridized carbons (Fsp3) is 0.200. The summed E-state index contributed by atoms with van der Waals surface area (Å²) in [6.45, 7) is 4.57. The first-order valence-electron chi connectivity index (χ1n) is 8.43. The van der Waals surface area contributed by atoms with E-state index in [9.17, 15) is 4.79 Å². The molecule has 0 spiro atoms. The summed E-state index contributed by atoms with van der Waals surface area (Å²) in [4.78, 5) is 16.1. The molecule has 140 valence electrons. The predicted molar refractivity (Wildman–Crippen MR) is 115 cm³/mol. The Morgan fingerprint density at radius 1 is 1.41 bits per heavy atom. The van der Waals surface area contributed by atoms with Gasteiger partial charge in [0.05, 0.1) is 23.1 Å². The third kappa shape index (κ3) is 4.51. The second-order valence-electron chi connectivity index (χ2n) is 5.82. The molecule has 27 heavy (non-hydrogen) atoms. The van der Waals surface area contributed by atoms with Gasteiger partial charge in [0.2, 0.25) is 0 Å². The highest BCUT2D eigenvalue weighted by Crippen LogP contribution is 2.47. The largest absolute Gasteiger partial charge is 0.465 e. The zero-order valence-corrected chi connectivity index (χ0v) is 17.7. The van der Waals surface area contributed by atoms with Crippen LogP contribution >= 0.6 is 35.1 Å². The number of carbonyl (C=O) groups excluding carboxylic acids is 1. The third-order valence-corrected chi connectivity index (χ3v) is 6.79. The number of hydrogen-bond donors (Lipinski definition) is 0. The molecule has 2 aliphatic heterocycles. The Morgan fingerprint density at radius 2 is 2.19 bits per heavy atom. The summed E-state index contributed by atoms with van der Waals surface area (Å²) >= 11 is 9.34. The van der Waals surface area contributed by atoms with Crippen molar-refractivity contribution in [2.24, 2.45) is 0 Å². The lowest BCUT2D eigenvalue weighted by molar-refractivity contribution is -0.425. The molecular formula is C20H20ClN2O2S2+. The molecule has 0 N–H and O–H groups in total.